The van der Waals surface area contributed by atoms with E-state index in [-0.39, 0.29) is 0 Å². The highest BCUT2D eigenvalue weighted by molar-refractivity contribution is 6.16. The fraction of sp³-hybridized carbons (Fsp3) is 0. The Kier molecular flexibility index (Phi) is 20.1. The molecule has 0 aliphatic rings. The Labute approximate surface area is 786 Å². The molecule has 0 saturated carbocycles. The molecule has 6 aromatic heterocycles. The molecule has 0 aliphatic heterocycles. The van der Waals surface area contributed by atoms with Crippen LogP contribution in [0.4, 0.5) is 0 Å². The average molecular weight is 1730 g/mol. The monoisotopic (exact) mass is 1730 g/mol. The normalized spacial score (nSPS) is 11.5. The smallest absolute Gasteiger partial charge is 0.160 e. The van der Waals surface area contributed by atoms with Gasteiger partial charge in [-0.2, -0.15) is 0 Å². The molecule has 0 N–H and O–H groups in total. The number of hydrogen-bond acceptors (Lipinski definition) is 4. The Hall–Kier alpha value is -18.2. The lowest BCUT2D eigenvalue weighted by Crippen LogP contribution is -1.96. The van der Waals surface area contributed by atoms with Crippen molar-refractivity contribution in [2.75, 3.05) is 0 Å². The maximum atomic E-state index is 5.14. The summed E-state index contributed by atoms with van der Waals surface area (Å²) in [6.45, 7) is 0. The molecule has 26 rings (SSSR count). The SMILES string of the molecule is c1ccc(-c2ccc3c(c2)c2cc(-c4ccc5c(c4)c4ccccc4n5-c4ccccc4)ccc2n3-c2ccc(-c3ccc(-c4cc(-c5ccccc5)nc(-c5ccccc5)n4)cc3)cc2)cc1.c1ccc(-c2ccc3c(c2)c2cc(-c4ccc5c(c4)c4ccccc4n5-c4ccccc4)ccc2n3-c2cccc(-c3cccc(-c4cc(-c5ccccc5)nc(-c5ccccc5)n4)c3)c2)cc1. The molecular weight excluding hydrogens is 1650 g/mol. The van der Waals surface area contributed by atoms with Crippen molar-refractivity contribution in [3.8, 4) is 157 Å². The van der Waals surface area contributed by atoms with E-state index in [2.05, 4.69) is 467 Å². The van der Waals surface area contributed by atoms with E-state index in [4.69, 9.17) is 19.9 Å². The topological polar surface area (TPSA) is 71.3 Å². The number of benzene rings is 20. The van der Waals surface area contributed by atoms with Crippen molar-refractivity contribution in [3.63, 3.8) is 0 Å². The van der Waals surface area contributed by atoms with Gasteiger partial charge in [-0.05, 0) is 218 Å². The van der Waals surface area contributed by atoms with Gasteiger partial charge in [-0.1, -0.05) is 358 Å². The van der Waals surface area contributed by atoms with Crippen molar-refractivity contribution in [1.82, 2.24) is 38.2 Å². The highest BCUT2D eigenvalue weighted by Crippen LogP contribution is 2.45. The first kappa shape index (κ1) is 79.9. The van der Waals surface area contributed by atoms with Crippen molar-refractivity contribution in [2.45, 2.75) is 0 Å². The Bertz CT molecular complexity index is 8910. The minimum atomic E-state index is 0.704. The summed E-state index contributed by atoms with van der Waals surface area (Å²) in [6, 6.07) is 182. The van der Waals surface area contributed by atoms with Crippen molar-refractivity contribution in [1.29, 1.82) is 0 Å². The van der Waals surface area contributed by atoms with Crippen molar-refractivity contribution >= 4 is 87.2 Å². The van der Waals surface area contributed by atoms with E-state index < -0.39 is 0 Å². The average Bonchev–Trinajstić information content (AvgIpc) is 1.58. The molecule has 8 heteroatoms. The predicted molar refractivity (Wildman–Crippen MR) is 567 cm³/mol. The molecule has 0 atom stereocenters. The van der Waals surface area contributed by atoms with Crippen LogP contribution in [0.1, 0.15) is 0 Å². The fourth-order valence-electron chi connectivity index (χ4n) is 20.1. The molecule has 0 bridgehead atoms. The zero-order valence-electron chi connectivity index (χ0n) is 74.1. The van der Waals surface area contributed by atoms with E-state index in [0.717, 1.165) is 112 Å². The lowest BCUT2D eigenvalue weighted by Gasteiger charge is -2.13. The summed E-state index contributed by atoms with van der Waals surface area (Å²) in [4.78, 5) is 20.2. The molecule has 636 valence electrons. The minimum Gasteiger partial charge on any atom is -0.309 e. The van der Waals surface area contributed by atoms with Gasteiger partial charge in [0.2, 0.25) is 0 Å². The second-order valence-electron chi connectivity index (χ2n) is 34.8. The van der Waals surface area contributed by atoms with Crippen LogP contribution in [0.25, 0.3) is 245 Å². The molecule has 8 nitrogen and oxygen atoms in total. The van der Waals surface area contributed by atoms with E-state index >= 15 is 0 Å². The summed E-state index contributed by atoms with van der Waals surface area (Å²) in [6.07, 6.45) is 0. The van der Waals surface area contributed by atoms with Crippen LogP contribution in [0.15, 0.2) is 510 Å². The van der Waals surface area contributed by atoms with E-state index in [0.29, 0.717) is 11.6 Å². The predicted octanol–water partition coefficient (Wildman–Crippen LogP) is 33.3. The quantitative estimate of drug-likeness (QED) is 0.0966. The lowest BCUT2D eigenvalue weighted by atomic mass is 9.99. The Balaban J connectivity index is 0.000000145. The third-order valence-electron chi connectivity index (χ3n) is 26.7. The molecule has 26 aromatic rings. The summed E-state index contributed by atoms with van der Waals surface area (Å²) >= 11 is 0. The molecule has 6 heterocycles. The van der Waals surface area contributed by atoms with Crippen molar-refractivity contribution in [2.24, 2.45) is 0 Å². The van der Waals surface area contributed by atoms with Gasteiger partial charge in [0, 0.05) is 99.2 Å². The molecule has 0 radical (unpaired) electrons. The van der Waals surface area contributed by atoms with Gasteiger partial charge in [-0.3, -0.25) is 0 Å². The molecule has 0 fully saturated rings. The second kappa shape index (κ2) is 34.2. The third kappa shape index (κ3) is 14.7. The molecule has 0 unspecified atom stereocenters. The number of fused-ring (bicyclic) bond motifs is 12. The van der Waals surface area contributed by atoms with Crippen LogP contribution < -0.4 is 0 Å². The number of para-hydroxylation sites is 4. The van der Waals surface area contributed by atoms with Crippen molar-refractivity contribution < 1.29 is 0 Å². The fourth-order valence-corrected chi connectivity index (χ4v) is 20.1. The molecule has 0 amide bonds. The number of rotatable bonds is 16. The van der Waals surface area contributed by atoms with Gasteiger partial charge in [0.1, 0.15) is 0 Å². The van der Waals surface area contributed by atoms with E-state index in [1.54, 1.807) is 0 Å². The summed E-state index contributed by atoms with van der Waals surface area (Å²) < 4.78 is 9.59. The minimum absolute atomic E-state index is 0.704. The molecule has 0 spiro atoms. The van der Waals surface area contributed by atoms with Crippen LogP contribution in [0.5, 0.6) is 0 Å². The van der Waals surface area contributed by atoms with Crippen LogP contribution in [0, 0.1) is 0 Å². The van der Waals surface area contributed by atoms with Gasteiger partial charge in [0.15, 0.2) is 11.6 Å². The number of hydrogen-bond donors (Lipinski definition) is 0. The van der Waals surface area contributed by atoms with Crippen molar-refractivity contribution in [3.05, 3.63) is 510 Å². The third-order valence-corrected chi connectivity index (χ3v) is 26.7. The van der Waals surface area contributed by atoms with Crippen LogP contribution >= 0.6 is 0 Å². The summed E-state index contributed by atoms with van der Waals surface area (Å²) in [7, 11) is 0. The first-order chi connectivity index (χ1) is 67.4. The molecule has 136 heavy (non-hydrogen) atoms. The molecular formula is C128H84N8. The first-order valence-electron chi connectivity index (χ1n) is 46.3. The summed E-state index contributed by atoms with van der Waals surface area (Å²) in [5.74, 6) is 1.42. The molecule has 20 aromatic carbocycles. The number of nitrogens with zero attached hydrogens (tertiary/aromatic N) is 8. The second-order valence-corrected chi connectivity index (χ2v) is 34.8. The first-order valence-corrected chi connectivity index (χ1v) is 46.3. The van der Waals surface area contributed by atoms with E-state index in [1.807, 2.05) is 60.7 Å². The summed E-state index contributed by atoms with van der Waals surface area (Å²) in [5, 5.41) is 9.84. The standard InChI is InChI=1S/2C64H42N4/c1-5-17-43(18-6-1)48-31-34-62-56(39-48)57-41-50(49-32-35-61-55(40-49)54-29-13-14-30-60(54)67(61)52-26-11-4-12-27-52)33-36-63(57)68(62)53-28-16-24-47(38-53)46-23-15-25-51(37-46)59-42-58(44-19-7-2-8-20-44)65-64(66-59)45-21-9-3-10-22-45;1-5-15-43(16-6-1)49-31-36-62-56(39-49)57-41-51(50-32-37-61-55(40-50)54-23-13-14-24-60(54)67(61)52-21-11-4-12-22-52)33-38-63(57)68(62)53-34-29-45(30-35-53)44-25-27-47(28-26-44)59-42-58(46-17-7-2-8-18-46)65-64(66-59)48-19-9-3-10-20-48/h2*1-42H. The van der Waals surface area contributed by atoms with Crippen LogP contribution in [0.3, 0.4) is 0 Å². The Morgan fingerprint density at radius 1 is 0.110 bits per heavy atom. The molecule has 0 saturated heterocycles. The largest absolute Gasteiger partial charge is 0.309 e. The van der Waals surface area contributed by atoms with Crippen LogP contribution in [-0.2, 0) is 0 Å². The van der Waals surface area contributed by atoms with E-state index in [1.165, 1.54) is 121 Å². The molecule has 0 aliphatic carbocycles. The van der Waals surface area contributed by atoms with Gasteiger partial charge in [0.25, 0.3) is 0 Å². The van der Waals surface area contributed by atoms with Gasteiger partial charge in [-0.15, -0.1) is 0 Å². The Morgan fingerprint density at radius 3 is 0.684 bits per heavy atom. The van der Waals surface area contributed by atoms with E-state index in [9.17, 15) is 0 Å². The van der Waals surface area contributed by atoms with Gasteiger partial charge in [0.05, 0.1) is 66.9 Å². The zero-order chi connectivity index (χ0) is 89.9. The lowest BCUT2D eigenvalue weighted by molar-refractivity contribution is 1.18. The maximum Gasteiger partial charge on any atom is 0.160 e. The highest BCUT2D eigenvalue weighted by Gasteiger charge is 2.23. The maximum absolute atomic E-state index is 5.14. The van der Waals surface area contributed by atoms with Crippen LogP contribution in [-0.4, -0.2) is 38.2 Å². The zero-order valence-corrected chi connectivity index (χ0v) is 74.1. The Morgan fingerprint density at radius 2 is 0.316 bits per heavy atom. The van der Waals surface area contributed by atoms with Gasteiger partial charge in [-0.25, -0.2) is 19.9 Å². The highest BCUT2D eigenvalue weighted by atomic mass is 15.0. The van der Waals surface area contributed by atoms with Gasteiger partial charge < -0.3 is 18.3 Å². The number of aromatic nitrogens is 8. The summed E-state index contributed by atoms with van der Waals surface area (Å²) in [5.41, 5.74) is 37.8. The van der Waals surface area contributed by atoms with Crippen LogP contribution in [0.2, 0.25) is 0 Å². The van der Waals surface area contributed by atoms with Gasteiger partial charge >= 0.3 is 0 Å².